The Morgan fingerprint density at radius 2 is 1.71 bits per heavy atom. The lowest BCUT2D eigenvalue weighted by Gasteiger charge is -2.28. The van der Waals surface area contributed by atoms with Crippen molar-refractivity contribution in [2.75, 3.05) is 21.3 Å². The van der Waals surface area contributed by atoms with Crippen LogP contribution >= 0.6 is 0 Å². The van der Waals surface area contributed by atoms with E-state index in [4.69, 9.17) is 18.9 Å². The minimum atomic E-state index is -0.127. The number of nitrogens with zero attached hydrogens (tertiary/aromatic N) is 1. The van der Waals surface area contributed by atoms with Crippen LogP contribution in [0.4, 0.5) is 0 Å². The van der Waals surface area contributed by atoms with Crippen molar-refractivity contribution in [1.29, 1.82) is 0 Å². The number of ether oxygens (including phenoxy) is 4. The molecule has 7 heteroatoms. The van der Waals surface area contributed by atoms with Gasteiger partial charge < -0.3 is 24.3 Å². The molecule has 7 nitrogen and oxygen atoms in total. The summed E-state index contributed by atoms with van der Waals surface area (Å²) in [6.45, 7) is 2.00. The molecule has 1 saturated carbocycles. The van der Waals surface area contributed by atoms with Crippen LogP contribution in [0.15, 0.2) is 36.5 Å². The number of hydrogen-bond acceptors (Lipinski definition) is 6. The molecule has 1 aromatic carbocycles. The van der Waals surface area contributed by atoms with Gasteiger partial charge in [0.2, 0.25) is 17.5 Å². The van der Waals surface area contributed by atoms with Crippen LogP contribution < -0.4 is 24.3 Å². The molecular formula is C24H30N2O5. The number of nitrogens with one attached hydrogen (secondary N) is 1. The average molecular weight is 427 g/mol. The summed E-state index contributed by atoms with van der Waals surface area (Å²) in [5.74, 6) is 2.14. The van der Waals surface area contributed by atoms with Crippen LogP contribution in [0.2, 0.25) is 0 Å². The highest BCUT2D eigenvalue weighted by atomic mass is 16.5. The lowest BCUT2D eigenvalue weighted by atomic mass is 9.93. The minimum absolute atomic E-state index is 0.127. The van der Waals surface area contributed by atoms with E-state index < -0.39 is 0 Å². The summed E-state index contributed by atoms with van der Waals surface area (Å²) in [7, 11) is 4.68. The Morgan fingerprint density at radius 1 is 1.03 bits per heavy atom. The lowest BCUT2D eigenvalue weighted by molar-refractivity contribution is -0.117. The number of aryl methyl sites for hydroxylation is 1. The molecule has 166 valence electrons. The van der Waals surface area contributed by atoms with Crippen molar-refractivity contribution in [3.63, 3.8) is 0 Å². The van der Waals surface area contributed by atoms with Gasteiger partial charge in [0.25, 0.3) is 0 Å². The molecule has 1 N–H and O–H groups in total. The van der Waals surface area contributed by atoms with Gasteiger partial charge in [-0.05, 0) is 61.9 Å². The van der Waals surface area contributed by atoms with Crippen LogP contribution in [-0.2, 0) is 4.79 Å². The van der Waals surface area contributed by atoms with Crippen molar-refractivity contribution >= 4 is 12.0 Å². The lowest BCUT2D eigenvalue weighted by Crippen LogP contribution is -2.39. The zero-order valence-electron chi connectivity index (χ0n) is 18.5. The smallest absolute Gasteiger partial charge is 0.244 e. The quantitative estimate of drug-likeness (QED) is 0.645. The fourth-order valence-corrected chi connectivity index (χ4v) is 3.64. The number of rotatable bonds is 8. The van der Waals surface area contributed by atoms with Gasteiger partial charge in [0, 0.05) is 24.4 Å². The van der Waals surface area contributed by atoms with Crippen LogP contribution in [0.1, 0.15) is 36.8 Å². The molecule has 0 bridgehead atoms. The van der Waals surface area contributed by atoms with E-state index in [9.17, 15) is 4.79 Å². The molecule has 1 fully saturated rings. The van der Waals surface area contributed by atoms with E-state index in [1.807, 2.05) is 25.3 Å². The molecule has 31 heavy (non-hydrogen) atoms. The second-order valence-electron chi connectivity index (χ2n) is 7.57. The van der Waals surface area contributed by atoms with E-state index in [1.54, 1.807) is 39.5 Å². The molecule has 0 radical (unpaired) electrons. The molecule has 0 aliphatic heterocycles. The first-order valence-electron chi connectivity index (χ1n) is 10.4. The van der Waals surface area contributed by atoms with E-state index in [-0.39, 0.29) is 18.1 Å². The monoisotopic (exact) mass is 426 g/mol. The summed E-state index contributed by atoms with van der Waals surface area (Å²) in [4.78, 5) is 16.7. The van der Waals surface area contributed by atoms with Crippen LogP contribution in [0, 0.1) is 6.92 Å². The number of methoxy groups -OCH3 is 3. The van der Waals surface area contributed by atoms with Gasteiger partial charge in [-0.15, -0.1) is 0 Å². The predicted molar refractivity (Wildman–Crippen MR) is 119 cm³/mol. The Kier molecular flexibility index (Phi) is 7.76. The highest BCUT2D eigenvalue weighted by molar-refractivity contribution is 5.92. The topological polar surface area (TPSA) is 78.9 Å². The first-order valence-corrected chi connectivity index (χ1v) is 10.4. The molecule has 3 rings (SSSR count). The minimum Gasteiger partial charge on any atom is -0.493 e. The zero-order chi connectivity index (χ0) is 22.2. The molecule has 1 heterocycles. The molecule has 2 aromatic rings. The van der Waals surface area contributed by atoms with E-state index in [0.717, 1.165) is 36.8 Å². The van der Waals surface area contributed by atoms with E-state index in [0.29, 0.717) is 23.1 Å². The maximum Gasteiger partial charge on any atom is 0.244 e. The van der Waals surface area contributed by atoms with Crippen LogP contribution in [0.5, 0.6) is 23.1 Å². The molecule has 1 aliphatic carbocycles. The molecule has 0 saturated heterocycles. The average Bonchev–Trinajstić information content (AvgIpc) is 2.79. The number of amides is 1. The van der Waals surface area contributed by atoms with Crippen LogP contribution in [-0.4, -0.2) is 44.4 Å². The van der Waals surface area contributed by atoms with Gasteiger partial charge >= 0.3 is 0 Å². The van der Waals surface area contributed by atoms with Gasteiger partial charge in [-0.2, -0.15) is 0 Å². The third-order valence-corrected chi connectivity index (χ3v) is 5.31. The maximum absolute atomic E-state index is 12.4. The van der Waals surface area contributed by atoms with Crippen molar-refractivity contribution in [2.24, 2.45) is 0 Å². The highest BCUT2D eigenvalue weighted by Crippen LogP contribution is 2.38. The van der Waals surface area contributed by atoms with Gasteiger partial charge in [-0.3, -0.25) is 4.79 Å². The molecule has 1 aromatic heterocycles. The van der Waals surface area contributed by atoms with Crippen molar-refractivity contribution < 1.29 is 23.7 Å². The molecule has 0 atom stereocenters. The highest BCUT2D eigenvalue weighted by Gasteiger charge is 2.23. The largest absolute Gasteiger partial charge is 0.493 e. The van der Waals surface area contributed by atoms with E-state index in [1.165, 1.54) is 6.08 Å². The maximum atomic E-state index is 12.4. The van der Waals surface area contributed by atoms with Crippen molar-refractivity contribution in [3.8, 4) is 23.1 Å². The second kappa shape index (κ2) is 10.7. The summed E-state index contributed by atoms with van der Waals surface area (Å²) < 4.78 is 22.0. The molecule has 1 aliphatic rings. The van der Waals surface area contributed by atoms with Gasteiger partial charge in [0.1, 0.15) is 6.10 Å². The Balaban J connectivity index is 1.51. The van der Waals surface area contributed by atoms with Crippen molar-refractivity contribution in [2.45, 2.75) is 44.8 Å². The third kappa shape index (κ3) is 6.13. The Morgan fingerprint density at radius 3 is 2.26 bits per heavy atom. The summed E-state index contributed by atoms with van der Waals surface area (Å²) in [5, 5.41) is 3.08. The number of hydrogen-bond donors (Lipinski definition) is 1. The summed E-state index contributed by atoms with van der Waals surface area (Å²) in [6, 6.07) is 7.63. The fourth-order valence-electron chi connectivity index (χ4n) is 3.64. The van der Waals surface area contributed by atoms with E-state index >= 15 is 0 Å². The van der Waals surface area contributed by atoms with Crippen molar-refractivity contribution in [3.05, 3.63) is 47.7 Å². The molecule has 0 unspecified atom stereocenters. The molecular weight excluding hydrogens is 396 g/mol. The Labute approximate surface area is 183 Å². The molecule has 0 spiro atoms. The predicted octanol–water partition coefficient (Wildman–Crippen LogP) is 3.94. The second-order valence-corrected chi connectivity index (χ2v) is 7.57. The normalized spacial score (nSPS) is 18.5. The number of aromatic nitrogens is 1. The fraction of sp³-hybridized carbons (Fsp3) is 0.417. The van der Waals surface area contributed by atoms with E-state index in [2.05, 4.69) is 10.3 Å². The summed E-state index contributed by atoms with van der Waals surface area (Å²) in [6.07, 6.45) is 8.73. The number of benzene rings is 1. The van der Waals surface area contributed by atoms with Crippen molar-refractivity contribution in [1.82, 2.24) is 10.3 Å². The van der Waals surface area contributed by atoms with Gasteiger partial charge in [-0.25, -0.2) is 4.98 Å². The number of pyridine rings is 1. The summed E-state index contributed by atoms with van der Waals surface area (Å²) >= 11 is 0. The third-order valence-electron chi connectivity index (χ3n) is 5.31. The van der Waals surface area contributed by atoms with Crippen LogP contribution in [0.3, 0.4) is 0 Å². The van der Waals surface area contributed by atoms with Gasteiger partial charge in [-0.1, -0.05) is 6.07 Å². The summed E-state index contributed by atoms with van der Waals surface area (Å²) in [5.41, 5.74) is 1.89. The SMILES string of the molecule is COc1cc(/C=C/C(=O)NC2CCC(Oc3ccc(C)cn3)CC2)cc(OC)c1OC. The Bertz CT molecular complexity index is 878. The first kappa shape index (κ1) is 22.5. The van der Waals surface area contributed by atoms with Crippen LogP contribution in [0.25, 0.3) is 6.08 Å². The van der Waals surface area contributed by atoms with Gasteiger partial charge in [0.05, 0.1) is 21.3 Å². The standard InChI is InChI=1S/C24H30N2O5/c1-16-5-12-23(25-15-16)31-19-9-7-18(8-10-19)26-22(27)11-6-17-13-20(28-2)24(30-4)21(14-17)29-3/h5-6,11-15,18-19H,7-10H2,1-4H3,(H,26,27)/b11-6+. The first-order chi connectivity index (χ1) is 15.0. The number of carbonyl (C=O) groups is 1. The zero-order valence-corrected chi connectivity index (χ0v) is 18.5. The Hall–Kier alpha value is -3.22. The molecule has 1 amide bonds. The number of carbonyl (C=O) groups excluding carboxylic acids is 1. The van der Waals surface area contributed by atoms with Gasteiger partial charge in [0.15, 0.2) is 11.5 Å².